The highest BCUT2D eigenvalue weighted by Gasteiger charge is 2.25. The first-order valence-corrected chi connectivity index (χ1v) is 9.68. The summed E-state index contributed by atoms with van der Waals surface area (Å²) >= 11 is 6.03. The van der Waals surface area contributed by atoms with Crippen LogP contribution in [0.3, 0.4) is 0 Å². The van der Waals surface area contributed by atoms with Crippen LogP contribution in [0.5, 0.6) is 0 Å². The molecule has 144 valence electrons. The molecule has 1 aliphatic heterocycles. The van der Waals surface area contributed by atoms with Gasteiger partial charge in [-0.1, -0.05) is 29.8 Å². The molecular formula is C21H21ClN4O2. The molecule has 0 radical (unpaired) electrons. The molecule has 0 bridgehead atoms. The van der Waals surface area contributed by atoms with Crippen molar-refractivity contribution < 1.29 is 4.79 Å². The van der Waals surface area contributed by atoms with E-state index in [2.05, 4.69) is 10.3 Å². The van der Waals surface area contributed by atoms with Crippen molar-refractivity contribution in [3.63, 3.8) is 0 Å². The molecule has 0 aliphatic carbocycles. The van der Waals surface area contributed by atoms with Gasteiger partial charge in [0.05, 0.1) is 17.2 Å². The van der Waals surface area contributed by atoms with Crippen molar-refractivity contribution in [2.24, 2.45) is 0 Å². The molecule has 4 rings (SSSR count). The Morgan fingerprint density at radius 3 is 2.68 bits per heavy atom. The Balaban J connectivity index is 1.46. The van der Waals surface area contributed by atoms with Crippen molar-refractivity contribution in [3.8, 4) is 0 Å². The van der Waals surface area contributed by atoms with Gasteiger partial charge in [0.15, 0.2) is 0 Å². The Kier molecular flexibility index (Phi) is 5.05. The van der Waals surface area contributed by atoms with E-state index in [1.807, 2.05) is 31.2 Å². The van der Waals surface area contributed by atoms with Crippen LogP contribution >= 0.6 is 11.6 Å². The number of aryl methyl sites for hydroxylation is 1. The molecule has 1 saturated heterocycles. The highest BCUT2D eigenvalue weighted by atomic mass is 35.5. The standard InChI is InChI=1S/C21H21ClN4O2/c1-14-4-2-3-5-18(14)24-21(28)25-10-8-16(9-11-25)26-13-23-19-7-6-15(22)12-17(19)20(26)27/h2-7,12-13,16H,8-11H2,1H3,(H,24,28). The van der Waals surface area contributed by atoms with Crippen LogP contribution in [-0.4, -0.2) is 33.6 Å². The van der Waals surface area contributed by atoms with E-state index in [9.17, 15) is 9.59 Å². The number of carbonyl (C=O) groups is 1. The van der Waals surface area contributed by atoms with Crippen LogP contribution in [0.15, 0.2) is 53.6 Å². The fraction of sp³-hybridized carbons (Fsp3) is 0.286. The number of likely N-dealkylation sites (tertiary alicyclic amines) is 1. The molecule has 6 nitrogen and oxygen atoms in total. The number of urea groups is 1. The van der Waals surface area contributed by atoms with Gasteiger partial charge < -0.3 is 10.2 Å². The predicted molar refractivity (Wildman–Crippen MR) is 111 cm³/mol. The molecule has 0 saturated carbocycles. The Labute approximate surface area is 167 Å². The third-order valence-electron chi connectivity index (χ3n) is 5.28. The number of hydrogen-bond donors (Lipinski definition) is 1. The number of fused-ring (bicyclic) bond motifs is 1. The van der Waals surface area contributed by atoms with Gasteiger partial charge in [-0.05, 0) is 49.6 Å². The van der Waals surface area contributed by atoms with Crippen LogP contribution in [0.2, 0.25) is 5.02 Å². The first-order chi connectivity index (χ1) is 13.5. The van der Waals surface area contributed by atoms with E-state index in [1.165, 1.54) is 0 Å². The number of anilines is 1. The smallest absolute Gasteiger partial charge is 0.321 e. The van der Waals surface area contributed by atoms with Gasteiger partial charge in [-0.25, -0.2) is 9.78 Å². The lowest BCUT2D eigenvalue weighted by molar-refractivity contribution is 0.182. The Morgan fingerprint density at radius 1 is 1.18 bits per heavy atom. The molecule has 2 aromatic carbocycles. The molecule has 0 unspecified atom stereocenters. The second kappa shape index (κ2) is 7.64. The number of piperidine rings is 1. The van der Waals surface area contributed by atoms with Crippen molar-refractivity contribution >= 4 is 34.2 Å². The summed E-state index contributed by atoms with van der Waals surface area (Å²) < 4.78 is 1.68. The largest absolute Gasteiger partial charge is 0.324 e. The number of nitrogens with one attached hydrogen (secondary N) is 1. The van der Waals surface area contributed by atoms with Crippen LogP contribution in [0.4, 0.5) is 10.5 Å². The first kappa shape index (κ1) is 18.5. The molecule has 3 aromatic rings. The van der Waals surface area contributed by atoms with Crippen molar-refractivity contribution in [1.29, 1.82) is 0 Å². The summed E-state index contributed by atoms with van der Waals surface area (Å²) in [6.07, 6.45) is 3.01. The van der Waals surface area contributed by atoms with E-state index in [0.717, 1.165) is 11.3 Å². The van der Waals surface area contributed by atoms with Gasteiger partial charge in [-0.2, -0.15) is 0 Å². The molecule has 0 spiro atoms. The zero-order valence-electron chi connectivity index (χ0n) is 15.6. The van der Waals surface area contributed by atoms with E-state index in [1.54, 1.807) is 34.0 Å². The van der Waals surface area contributed by atoms with Crippen LogP contribution < -0.4 is 10.9 Å². The van der Waals surface area contributed by atoms with Gasteiger partial charge in [0.1, 0.15) is 0 Å². The highest BCUT2D eigenvalue weighted by molar-refractivity contribution is 6.31. The Hall–Kier alpha value is -2.86. The lowest BCUT2D eigenvalue weighted by Crippen LogP contribution is -2.42. The number of carbonyl (C=O) groups excluding carboxylic acids is 1. The average Bonchev–Trinajstić information content (AvgIpc) is 2.70. The summed E-state index contributed by atoms with van der Waals surface area (Å²) in [6, 6.07) is 12.8. The molecule has 1 N–H and O–H groups in total. The van der Waals surface area contributed by atoms with Gasteiger partial charge in [0.25, 0.3) is 5.56 Å². The van der Waals surface area contributed by atoms with Crippen LogP contribution in [0, 0.1) is 6.92 Å². The molecule has 28 heavy (non-hydrogen) atoms. The van der Waals surface area contributed by atoms with Crippen molar-refractivity contribution in [2.45, 2.75) is 25.8 Å². The van der Waals surface area contributed by atoms with E-state index >= 15 is 0 Å². The van der Waals surface area contributed by atoms with Gasteiger partial charge in [-0.3, -0.25) is 9.36 Å². The maximum absolute atomic E-state index is 12.8. The minimum atomic E-state index is -0.108. The lowest BCUT2D eigenvalue weighted by atomic mass is 10.0. The lowest BCUT2D eigenvalue weighted by Gasteiger charge is -2.33. The minimum absolute atomic E-state index is 0.0193. The maximum Gasteiger partial charge on any atom is 0.321 e. The van der Waals surface area contributed by atoms with Gasteiger partial charge in [0.2, 0.25) is 0 Å². The summed E-state index contributed by atoms with van der Waals surface area (Å²) in [5, 5.41) is 4.01. The quantitative estimate of drug-likeness (QED) is 0.704. The normalized spacial score (nSPS) is 15.0. The van der Waals surface area contributed by atoms with Crippen LogP contribution in [0.25, 0.3) is 10.9 Å². The van der Waals surface area contributed by atoms with E-state index in [4.69, 9.17) is 11.6 Å². The number of hydrogen-bond acceptors (Lipinski definition) is 3. The number of para-hydroxylation sites is 1. The van der Waals surface area contributed by atoms with Crippen molar-refractivity contribution in [2.75, 3.05) is 18.4 Å². The molecule has 1 fully saturated rings. The second-order valence-electron chi connectivity index (χ2n) is 7.08. The summed E-state index contributed by atoms with van der Waals surface area (Å²) in [5.74, 6) is 0. The Morgan fingerprint density at radius 2 is 1.93 bits per heavy atom. The molecule has 2 amide bonds. The highest BCUT2D eigenvalue weighted by Crippen LogP contribution is 2.23. The topological polar surface area (TPSA) is 67.2 Å². The van der Waals surface area contributed by atoms with Gasteiger partial charge >= 0.3 is 6.03 Å². The summed E-state index contributed by atoms with van der Waals surface area (Å²) in [7, 11) is 0. The number of amides is 2. The summed E-state index contributed by atoms with van der Waals surface area (Å²) in [6.45, 7) is 3.14. The molecule has 2 heterocycles. The number of rotatable bonds is 2. The molecule has 1 aliphatic rings. The molecule has 0 atom stereocenters. The first-order valence-electron chi connectivity index (χ1n) is 9.31. The Bertz CT molecular complexity index is 1090. The predicted octanol–water partition coefficient (Wildman–Crippen LogP) is 4.23. The minimum Gasteiger partial charge on any atom is -0.324 e. The van der Waals surface area contributed by atoms with E-state index < -0.39 is 0 Å². The SMILES string of the molecule is Cc1ccccc1NC(=O)N1CCC(n2cnc3ccc(Cl)cc3c2=O)CC1. The zero-order valence-corrected chi connectivity index (χ0v) is 16.3. The summed E-state index contributed by atoms with van der Waals surface area (Å²) in [4.78, 5) is 31.6. The van der Waals surface area contributed by atoms with Crippen LogP contribution in [0.1, 0.15) is 24.4 Å². The van der Waals surface area contributed by atoms with Crippen molar-refractivity contribution in [3.05, 3.63) is 69.7 Å². The number of aromatic nitrogens is 2. The summed E-state index contributed by atoms with van der Waals surface area (Å²) in [5.41, 5.74) is 2.40. The number of benzene rings is 2. The monoisotopic (exact) mass is 396 g/mol. The van der Waals surface area contributed by atoms with E-state index in [0.29, 0.717) is 41.9 Å². The molecule has 1 aromatic heterocycles. The average molecular weight is 397 g/mol. The van der Waals surface area contributed by atoms with Gasteiger partial charge in [-0.15, -0.1) is 0 Å². The fourth-order valence-electron chi connectivity index (χ4n) is 3.62. The van der Waals surface area contributed by atoms with Crippen LogP contribution in [-0.2, 0) is 0 Å². The van der Waals surface area contributed by atoms with Gasteiger partial charge in [0, 0.05) is 29.8 Å². The zero-order chi connectivity index (χ0) is 19.7. The second-order valence-corrected chi connectivity index (χ2v) is 7.52. The third-order valence-corrected chi connectivity index (χ3v) is 5.51. The molecule has 7 heteroatoms. The van der Waals surface area contributed by atoms with Crippen molar-refractivity contribution in [1.82, 2.24) is 14.5 Å². The number of halogens is 1. The van der Waals surface area contributed by atoms with E-state index in [-0.39, 0.29) is 17.6 Å². The maximum atomic E-state index is 12.8. The third kappa shape index (κ3) is 3.60. The fourth-order valence-corrected chi connectivity index (χ4v) is 3.79. The number of nitrogens with zero attached hydrogens (tertiary/aromatic N) is 3. The molecular weight excluding hydrogens is 376 g/mol.